The van der Waals surface area contributed by atoms with Gasteiger partial charge in [-0.25, -0.2) is 13.8 Å². The second-order valence-corrected chi connectivity index (χ2v) is 6.18. The highest BCUT2D eigenvalue weighted by Crippen LogP contribution is 2.24. The zero-order chi connectivity index (χ0) is 18.1. The minimum Gasteiger partial charge on any atom is -0.341 e. The molecule has 0 bridgehead atoms. The Kier molecular flexibility index (Phi) is 4.18. The Morgan fingerprint density at radius 3 is 2.38 bits per heavy atom. The van der Waals surface area contributed by atoms with Gasteiger partial charge in [0.15, 0.2) is 0 Å². The summed E-state index contributed by atoms with van der Waals surface area (Å²) in [5.74, 6) is -0.644. The van der Waals surface area contributed by atoms with E-state index in [0.29, 0.717) is 11.4 Å². The molecule has 0 fully saturated rings. The summed E-state index contributed by atoms with van der Waals surface area (Å²) in [6.45, 7) is 0. The van der Waals surface area contributed by atoms with E-state index in [0.717, 1.165) is 28.2 Å². The fraction of sp³-hybridized carbons (Fsp3) is 0.100. The Morgan fingerprint density at radius 2 is 1.65 bits per heavy atom. The van der Waals surface area contributed by atoms with E-state index in [2.05, 4.69) is 15.0 Å². The summed E-state index contributed by atoms with van der Waals surface area (Å²) in [6, 6.07) is 12.7. The van der Waals surface area contributed by atoms with Gasteiger partial charge in [-0.15, -0.1) is 0 Å². The lowest BCUT2D eigenvalue weighted by molar-refractivity contribution is 0.575. The maximum Gasteiger partial charge on any atom is 0.126 e. The lowest BCUT2D eigenvalue weighted by Gasteiger charge is -2.09. The number of pyridine rings is 1. The topological polar surface area (TPSA) is 67.6 Å². The van der Waals surface area contributed by atoms with E-state index in [1.54, 1.807) is 12.4 Å². The van der Waals surface area contributed by atoms with Gasteiger partial charge in [-0.2, -0.15) is 0 Å². The predicted octanol–water partition coefficient (Wildman–Crippen LogP) is 4.15. The smallest absolute Gasteiger partial charge is 0.126 e. The number of rotatable bonds is 4. The van der Waals surface area contributed by atoms with Gasteiger partial charge in [0.05, 0.1) is 17.1 Å². The maximum absolute atomic E-state index is 13.3. The van der Waals surface area contributed by atoms with Gasteiger partial charge in [0.1, 0.15) is 17.5 Å². The molecule has 0 saturated heterocycles. The van der Waals surface area contributed by atoms with E-state index in [-0.39, 0.29) is 6.42 Å². The van der Waals surface area contributed by atoms with Crippen LogP contribution in [0.25, 0.3) is 22.2 Å². The fourth-order valence-electron chi connectivity index (χ4n) is 3.01. The van der Waals surface area contributed by atoms with Crippen molar-refractivity contribution in [2.24, 2.45) is 5.73 Å². The number of nitrogens with one attached hydrogen (secondary N) is 1. The number of H-pyrrole nitrogens is 1. The zero-order valence-electron chi connectivity index (χ0n) is 13.8. The van der Waals surface area contributed by atoms with Gasteiger partial charge in [0.25, 0.3) is 0 Å². The number of aromatic nitrogens is 3. The van der Waals surface area contributed by atoms with Gasteiger partial charge in [-0.05, 0) is 59.5 Å². The molecule has 0 spiro atoms. The predicted molar refractivity (Wildman–Crippen MR) is 96.3 cm³/mol. The van der Waals surface area contributed by atoms with Crippen LogP contribution in [0.5, 0.6) is 0 Å². The second-order valence-electron chi connectivity index (χ2n) is 6.18. The van der Waals surface area contributed by atoms with Gasteiger partial charge < -0.3 is 10.7 Å². The summed E-state index contributed by atoms with van der Waals surface area (Å²) >= 11 is 0. The summed E-state index contributed by atoms with van der Waals surface area (Å²) in [6.07, 6.45) is 3.77. The summed E-state index contributed by atoms with van der Waals surface area (Å²) in [5.41, 5.74) is 10.4. The van der Waals surface area contributed by atoms with Crippen molar-refractivity contribution in [1.82, 2.24) is 15.0 Å². The van der Waals surface area contributed by atoms with E-state index >= 15 is 0 Å². The lowest BCUT2D eigenvalue weighted by Crippen LogP contribution is -2.15. The van der Waals surface area contributed by atoms with Crippen molar-refractivity contribution in [3.63, 3.8) is 0 Å². The lowest BCUT2D eigenvalue weighted by atomic mass is 10.1. The molecule has 3 N–H and O–H groups in total. The standard InChI is InChI=1S/C20H16F2N4/c21-15-7-12(8-16(22)11-15)9-17(23)20-25-18-2-1-14(10-19(18)26-20)13-3-5-24-6-4-13/h1-8,10-11,17H,9,23H2,(H,25,26). The number of halogens is 2. The van der Waals surface area contributed by atoms with Crippen LogP contribution < -0.4 is 5.73 Å². The molecule has 0 aliphatic heterocycles. The normalized spacial score (nSPS) is 12.4. The van der Waals surface area contributed by atoms with Crippen molar-refractivity contribution in [1.29, 1.82) is 0 Å². The molecule has 4 aromatic rings. The highest BCUT2D eigenvalue weighted by Gasteiger charge is 2.14. The average molecular weight is 350 g/mol. The molecule has 2 heterocycles. The number of fused-ring (bicyclic) bond motifs is 1. The van der Waals surface area contributed by atoms with E-state index in [1.807, 2.05) is 30.3 Å². The molecule has 4 nitrogen and oxygen atoms in total. The molecule has 0 radical (unpaired) electrons. The van der Waals surface area contributed by atoms with E-state index in [4.69, 9.17) is 5.73 Å². The summed E-state index contributed by atoms with van der Waals surface area (Å²) in [4.78, 5) is 11.7. The first-order valence-corrected chi connectivity index (χ1v) is 8.19. The SMILES string of the molecule is NC(Cc1cc(F)cc(F)c1)c1nc2ccc(-c3ccncc3)cc2[nH]1. The Morgan fingerprint density at radius 1 is 0.923 bits per heavy atom. The molecular formula is C20H16F2N4. The summed E-state index contributed by atoms with van der Waals surface area (Å²) < 4.78 is 26.7. The van der Waals surface area contributed by atoms with Crippen molar-refractivity contribution in [3.05, 3.63) is 83.9 Å². The Bertz CT molecular complexity index is 1040. The van der Waals surface area contributed by atoms with Crippen LogP contribution in [0.3, 0.4) is 0 Å². The molecule has 0 aliphatic rings. The zero-order valence-corrected chi connectivity index (χ0v) is 13.8. The number of hydrogen-bond acceptors (Lipinski definition) is 3. The van der Waals surface area contributed by atoms with Gasteiger partial charge in [0, 0.05) is 18.5 Å². The first kappa shape index (κ1) is 16.4. The van der Waals surface area contributed by atoms with E-state index in [1.165, 1.54) is 12.1 Å². The molecule has 2 aromatic heterocycles. The van der Waals surface area contributed by atoms with Crippen LogP contribution in [-0.2, 0) is 6.42 Å². The number of benzene rings is 2. The fourth-order valence-corrected chi connectivity index (χ4v) is 3.01. The largest absolute Gasteiger partial charge is 0.341 e. The third-order valence-electron chi connectivity index (χ3n) is 4.24. The molecule has 1 unspecified atom stereocenters. The van der Waals surface area contributed by atoms with Crippen molar-refractivity contribution in [2.75, 3.05) is 0 Å². The molecular weight excluding hydrogens is 334 g/mol. The minimum atomic E-state index is -0.612. The Balaban J connectivity index is 1.62. The summed E-state index contributed by atoms with van der Waals surface area (Å²) in [5, 5.41) is 0. The van der Waals surface area contributed by atoms with Crippen LogP contribution in [0.2, 0.25) is 0 Å². The molecule has 0 aliphatic carbocycles. The molecule has 4 rings (SSSR count). The molecule has 130 valence electrons. The Labute approximate surface area is 148 Å². The van der Waals surface area contributed by atoms with Crippen molar-refractivity contribution in [2.45, 2.75) is 12.5 Å². The van der Waals surface area contributed by atoms with Crippen LogP contribution in [0, 0.1) is 11.6 Å². The minimum absolute atomic E-state index is 0.283. The quantitative estimate of drug-likeness (QED) is 0.581. The molecule has 26 heavy (non-hydrogen) atoms. The van der Waals surface area contributed by atoms with Crippen molar-refractivity contribution in [3.8, 4) is 11.1 Å². The molecule has 6 heteroatoms. The monoisotopic (exact) mass is 350 g/mol. The molecule has 2 aromatic carbocycles. The van der Waals surface area contributed by atoms with Crippen LogP contribution in [0.1, 0.15) is 17.4 Å². The van der Waals surface area contributed by atoms with Gasteiger partial charge >= 0.3 is 0 Å². The third kappa shape index (κ3) is 3.32. The van der Waals surface area contributed by atoms with Gasteiger partial charge in [-0.1, -0.05) is 6.07 Å². The van der Waals surface area contributed by atoms with Crippen molar-refractivity contribution >= 4 is 11.0 Å². The van der Waals surface area contributed by atoms with Gasteiger partial charge in [-0.3, -0.25) is 4.98 Å². The van der Waals surface area contributed by atoms with Crippen LogP contribution in [0.15, 0.2) is 60.9 Å². The second kappa shape index (κ2) is 6.65. The first-order chi connectivity index (χ1) is 12.6. The van der Waals surface area contributed by atoms with Crippen LogP contribution >= 0.6 is 0 Å². The highest BCUT2D eigenvalue weighted by molar-refractivity contribution is 5.82. The number of nitrogens with zero attached hydrogens (tertiary/aromatic N) is 2. The van der Waals surface area contributed by atoms with E-state index < -0.39 is 17.7 Å². The average Bonchev–Trinajstić information content (AvgIpc) is 3.05. The Hall–Kier alpha value is -3.12. The van der Waals surface area contributed by atoms with Crippen molar-refractivity contribution < 1.29 is 8.78 Å². The van der Waals surface area contributed by atoms with Gasteiger partial charge in [0.2, 0.25) is 0 Å². The molecule has 0 amide bonds. The van der Waals surface area contributed by atoms with E-state index in [9.17, 15) is 8.78 Å². The summed E-state index contributed by atoms with van der Waals surface area (Å²) in [7, 11) is 0. The van der Waals surface area contributed by atoms with Crippen LogP contribution in [0.4, 0.5) is 8.78 Å². The number of nitrogens with two attached hydrogens (primary N) is 1. The third-order valence-corrected chi connectivity index (χ3v) is 4.24. The molecule has 0 saturated carbocycles. The van der Waals surface area contributed by atoms with Crippen LogP contribution in [-0.4, -0.2) is 15.0 Å². The maximum atomic E-state index is 13.3. The number of aromatic amines is 1. The first-order valence-electron chi connectivity index (χ1n) is 8.19. The highest BCUT2D eigenvalue weighted by atomic mass is 19.1. The number of hydrogen-bond donors (Lipinski definition) is 2. The number of imidazole rings is 1. The molecule has 1 atom stereocenters.